The molecule has 0 aliphatic heterocycles. The molecular formula is C12H24N2O2. The Hall–Kier alpha value is -0.610. The molecule has 1 rings (SSSR count). The number of rotatable bonds is 6. The number of amides is 1. The number of carbonyl (C=O) groups is 1. The van der Waals surface area contributed by atoms with Crippen LogP contribution in [0.15, 0.2) is 0 Å². The molecule has 16 heavy (non-hydrogen) atoms. The molecule has 4 nitrogen and oxygen atoms in total. The van der Waals surface area contributed by atoms with Gasteiger partial charge in [0, 0.05) is 12.6 Å². The Morgan fingerprint density at radius 3 is 2.69 bits per heavy atom. The summed E-state index contributed by atoms with van der Waals surface area (Å²) in [6.45, 7) is 2.90. The zero-order valence-corrected chi connectivity index (χ0v) is 10.4. The highest BCUT2D eigenvalue weighted by Crippen LogP contribution is 2.19. The van der Waals surface area contributed by atoms with Crippen LogP contribution in [0.3, 0.4) is 0 Å². The third kappa shape index (κ3) is 5.47. The van der Waals surface area contributed by atoms with Crippen LogP contribution in [-0.4, -0.2) is 38.3 Å². The van der Waals surface area contributed by atoms with Crippen molar-refractivity contribution in [3.8, 4) is 0 Å². The molecule has 1 saturated carbocycles. The molecule has 1 atom stereocenters. The molecule has 0 aromatic rings. The van der Waals surface area contributed by atoms with Crippen LogP contribution in [0, 0.1) is 0 Å². The maximum atomic E-state index is 11.4. The van der Waals surface area contributed by atoms with Gasteiger partial charge in [0.2, 0.25) is 5.91 Å². The van der Waals surface area contributed by atoms with E-state index in [2.05, 4.69) is 10.6 Å². The van der Waals surface area contributed by atoms with Crippen molar-refractivity contribution in [3.05, 3.63) is 0 Å². The predicted molar refractivity (Wildman–Crippen MR) is 64.4 cm³/mol. The standard InChI is InChI=1S/C12H24N2O2/c1-10(13-2)8-14-12(15)9-16-11-6-4-3-5-7-11/h10-11,13H,3-9H2,1-2H3,(H,14,15). The number of likely N-dealkylation sites (N-methyl/N-ethyl adjacent to an activating group) is 1. The Morgan fingerprint density at radius 2 is 2.06 bits per heavy atom. The van der Waals surface area contributed by atoms with Crippen molar-refractivity contribution in [3.63, 3.8) is 0 Å². The van der Waals surface area contributed by atoms with Crippen LogP contribution in [0.2, 0.25) is 0 Å². The van der Waals surface area contributed by atoms with Gasteiger partial charge in [0.05, 0.1) is 6.10 Å². The minimum Gasteiger partial charge on any atom is -0.368 e. The summed E-state index contributed by atoms with van der Waals surface area (Å²) in [6.07, 6.45) is 6.32. The van der Waals surface area contributed by atoms with E-state index in [0.29, 0.717) is 18.7 Å². The number of carbonyl (C=O) groups excluding carboxylic acids is 1. The first-order chi connectivity index (χ1) is 7.72. The van der Waals surface area contributed by atoms with Crippen LogP contribution in [0.5, 0.6) is 0 Å². The molecule has 0 saturated heterocycles. The van der Waals surface area contributed by atoms with Gasteiger partial charge in [-0.25, -0.2) is 0 Å². The molecule has 1 unspecified atom stereocenters. The molecule has 1 aliphatic carbocycles. The Morgan fingerprint density at radius 1 is 1.38 bits per heavy atom. The van der Waals surface area contributed by atoms with E-state index in [9.17, 15) is 4.79 Å². The van der Waals surface area contributed by atoms with Crippen molar-refractivity contribution in [2.45, 2.75) is 51.2 Å². The van der Waals surface area contributed by atoms with Crippen LogP contribution in [0.1, 0.15) is 39.0 Å². The van der Waals surface area contributed by atoms with Crippen molar-refractivity contribution in [1.29, 1.82) is 0 Å². The van der Waals surface area contributed by atoms with Crippen molar-refractivity contribution >= 4 is 5.91 Å². The van der Waals surface area contributed by atoms with Gasteiger partial charge in [-0.15, -0.1) is 0 Å². The first kappa shape index (κ1) is 13.5. The molecule has 1 aliphatic rings. The van der Waals surface area contributed by atoms with E-state index in [1.807, 2.05) is 14.0 Å². The third-order valence-electron chi connectivity index (χ3n) is 3.10. The molecule has 2 N–H and O–H groups in total. The monoisotopic (exact) mass is 228 g/mol. The van der Waals surface area contributed by atoms with Gasteiger partial charge in [0.25, 0.3) is 0 Å². The summed E-state index contributed by atoms with van der Waals surface area (Å²) in [6, 6.07) is 0.304. The number of hydrogen-bond acceptors (Lipinski definition) is 3. The zero-order valence-electron chi connectivity index (χ0n) is 10.4. The first-order valence-corrected chi connectivity index (χ1v) is 6.28. The minimum atomic E-state index is -0.00678. The van der Waals surface area contributed by atoms with Gasteiger partial charge in [-0.1, -0.05) is 19.3 Å². The lowest BCUT2D eigenvalue weighted by Crippen LogP contribution is -2.39. The van der Waals surface area contributed by atoms with Crippen molar-refractivity contribution in [1.82, 2.24) is 10.6 Å². The molecule has 0 aromatic heterocycles. The summed E-state index contributed by atoms with van der Waals surface area (Å²) >= 11 is 0. The van der Waals surface area contributed by atoms with Gasteiger partial charge in [0.1, 0.15) is 6.61 Å². The predicted octanol–water partition coefficient (Wildman–Crippen LogP) is 1.06. The van der Waals surface area contributed by atoms with Crippen LogP contribution in [-0.2, 0) is 9.53 Å². The molecule has 0 radical (unpaired) electrons. The Balaban J connectivity index is 2.05. The Labute approximate surface area is 98.1 Å². The summed E-state index contributed by atoms with van der Waals surface area (Å²) in [4.78, 5) is 11.4. The van der Waals surface area contributed by atoms with Crippen molar-refractivity contribution in [2.24, 2.45) is 0 Å². The summed E-state index contributed by atoms with van der Waals surface area (Å²) < 4.78 is 5.58. The highest BCUT2D eigenvalue weighted by Gasteiger charge is 2.15. The smallest absolute Gasteiger partial charge is 0.246 e. The first-order valence-electron chi connectivity index (χ1n) is 6.28. The molecule has 0 spiro atoms. The quantitative estimate of drug-likeness (QED) is 0.714. The van der Waals surface area contributed by atoms with Crippen molar-refractivity contribution in [2.75, 3.05) is 20.2 Å². The van der Waals surface area contributed by atoms with E-state index in [0.717, 1.165) is 12.8 Å². The summed E-state index contributed by atoms with van der Waals surface area (Å²) in [5.74, 6) is -0.00678. The maximum absolute atomic E-state index is 11.4. The highest BCUT2D eigenvalue weighted by molar-refractivity contribution is 5.77. The molecule has 1 fully saturated rings. The fourth-order valence-corrected chi connectivity index (χ4v) is 1.85. The second-order valence-electron chi connectivity index (χ2n) is 4.56. The van der Waals surface area contributed by atoms with Crippen LogP contribution >= 0.6 is 0 Å². The third-order valence-corrected chi connectivity index (χ3v) is 3.10. The maximum Gasteiger partial charge on any atom is 0.246 e. The van der Waals surface area contributed by atoms with Gasteiger partial charge in [-0.05, 0) is 26.8 Å². The molecule has 94 valence electrons. The van der Waals surface area contributed by atoms with Gasteiger partial charge >= 0.3 is 0 Å². The van der Waals surface area contributed by atoms with Gasteiger partial charge in [-0.2, -0.15) is 0 Å². The molecule has 1 amide bonds. The van der Waals surface area contributed by atoms with E-state index in [1.54, 1.807) is 0 Å². The normalized spacial score (nSPS) is 19.4. The SMILES string of the molecule is CNC(C)CNC(=O)COC1CCCCC1. The second kappa shape index (κ2) is 7.63. The molecule has 4 heteroatoms. The molecule has 0 bridgehead atoms. The molecule has 0 aromatic carbocycles. The minimum absolute atomic E-state index is 0.00678. The Bertz CT molecular complexity index is 203. The lowest BCUT2D eigenvalue weighted by atomic mass is 9.98. The molecule has 0 heterocycles. The van der Waals surface area contributed by atoms with E-state index in [-0.39, 0.29) is 12.5 Å². The fourth-order valence-electron chi connectivity index (χ4n) is 1.85. The van der Waals surface area contributed by atoms with Gasteiger partial charge < -0.3 is 15.4 Å². The summed E-state index contributed by atoms with van der Waals surface area (Å²) in [7, 11) is 1.88. The highest BCUT2D eigenvalue weighted by atomic mass is 16.5. The van der Waals surface area contributed by atoms with Gasteiger partial charge in [0.15, 0.2) is 0 Å². The van der Waals surface area contributed by atoms with E-state index in [1.165, 1.54) is 19.3 Å². The number of hydrogen-bond donors (Lipinski definition) is 2. The lowest BCUT2D eigenvalue weighted by molar-refractivity contribution is -0.128. The van der Waals surface area contributed by atoms with Crippen LogP contribution < -0.4 is 10.6 Å². The average Bonchev–Trinajstić information content (AvgIpc) is 2.34. The number of ether oxygens (including phenoxy) is 1. The van der Waals surface area contributed by atoms with Crippen LogP contribution in [0.25, 0.3) is 0 Å². The van der Waals surface area contributed by atoms with Gasteiger partial charge in [-0.3, -0.25) is 4.79 Å². The Kier molecular flexibility index (Phi) is 6.42. The van der Waals surface area contributed by atoms with Crippen LogP contribution in [0.4, 0.5) is 0 Å². The fraction of sp³-hybridized carbons (Fsp3) is 0.917. The molecular weight excluding hydrogens is 204 g/mol. The average molecular weight is 228 g/mol. The largest absolute Gasteiger partial charge is 0.368 e. The topological polar surface area (TPSA) is 50.4 Å². The van der Waals surface area contributed by atoms with E-state index >= 15 is 0 Å². The summed E-state index contributed by atoms with van der Waals surface area (Å²) in [5.41, 5.74) is 0. The lowest BCUT2D eigenvalue weighted by Gasteiger charge is -2.21. The van der Waals surface area contributed by atoms with E-state index < -0.39 is 0 Å². The zero-order chi connectivity index (χ0) is 11.8. The summed E-state index contributed by atoms with van der Waals surface area (Å²) in [5, 5.41) is 5.92. The second-order valence-corrected chi connectivity index (χ2v) is 4.56. The van der Waals surface area contributed by atoms with Crippen molar-refractivity contribution < 1.29 is 9.53 Å². The number of nitrogens with one attached hydrogen (secondary N) is 2. The van der Waals surface area contributed by atoms with E-state index in [4.69, 9.17) is 4.74 Å².